The van der Waals surface area contributed by atoms with E-state index in [1.165, 1.54) is 34.4 Å². The van der Waals surface area contributed by atoms with E-state index < -0.39 is 11.5 Å². The van der Waals surface area contributed by atoms with E-state index in [1.807, 2.05) is 48.7 Å². The third kappa shape index (κ3) is 9.01. The van der Waals surface area contributed by atoms with Gasteiger partial charge in [-0.3, -0.25) is 9.78 Å². The van der Waals surface area contributed by atoms with Crippen LogP contribution in [0.5, 0.6) is 11.5 Å². The molecular weight excluding hydrogens is 722 g/mol. The smallest absolute Gasteiger partial charge is 0.329 e. The molecule has 56 heavy (non-hydrogen) atoms. The molecule has 0 aliphatic heterocycles. The first-order valence-electron chi connectivity index (χ1n) is 20.6. The molecule has 3 N–H and O–H groups in total. The Hall–Kier alpha value is -4.56. The van der Waals surface area contributed by atoms with Crippen LogP contribution in [0.25, 0.3) is 0 Å². The van der Waals surface area contributed by atoms with Crippen LogP contribution in [0.2, 0.25) is 5.02 Å². The number of rotatable bonds is 16. The maximum Gasteiger partial charge on any atom is 0.329 e. The van der Waals surface area contributed by atoms with Crippen molar-refractivity contribution in [2.45, 2.75) is 108 Å². The second kappa shape index (κ2) is 17.7. The van der Waals surface area contributed by atoms with Gasteiger partial charge in [0.25, 0.3) is 0 Å². The number of carbonyl (C=O) groups is 2. The predicted octanol–water partition coefficient (Wildman–Crippen LogP) is 9.72. The average Bonchev–Trinajstić information content (AvgIpc) is 3.48. The molecule has 1 heterocycles. The largest absolute Gasteiger partial charge is 0.493 e. The van der Waals surface area contributed by atoms with Gasteiger partial charge in [-0.25, -0.2) is 4.79 Å². The fraction of sp³-hybridized carbons (Fsp3) is 0.468. The van der Waals surface area contributed by atoms with Gasteiger partial charge in [0, 0.05) is 34.6 Å². The van der Waals surface area contributed by atoms with Gasteiger partial charge < -0.3 is 25.2 Å². The van der Waals surface area contributed by atoms with Gasteiger partial charge in [-0.1, -0.05) is 67.9 Å². The lowest BCUT2D eigenvalue weighted by Gasteiger charge is -2.47. The summed E-state index contributed by atoms with van der Waals surface area (Å²) >= 11 is 6.30. The van der Waals surface area contributed by atoms with Crippen LogP contribution in [0.1, 0.15) is 106 Å². The number of nitrogens with one attached hydrogen (secondary N) is 2. The Balaban J connectivity index is 1.03. The molecule has 3 aliphatic carbocycles. The van der Waals surface area contributed by atoms with Crippen LogP contribution in [0.4, 0.5) is 5.69 Å². The maximum absolute atomic E-state index is 13.0. The van der Waals surface area contributed by atoms with Crippen LogP contribution in [0.15, 0.2) is 85.1 Å². The molecule has 3 aliphatic rings. The first-order chi connectivity index (χ1) is 27.1. The van der Waals surface area contributed by atoms with Crippen molar-refractivity contribution >= 4 is 29.2 Å². The van der Waals surface area contributed by atoms with Crippen LogP contribution in [0, 0.1) is 11.8 Å². The van der Waals surface area contributed by atoms with Crippen molar-refractivity contribution in [3.63, 3.8) is 0 Å². The highest BCUT2D eigenvalue weighted by molar-refractivity contribution is 6.30. The van der Waals surface area contributed by atoms with Crippen molar-refractivity contribution in [2.75, 3.05) is 25.1 Å². The molecule has 296 valence electrons. The summed E-state index contributed by atoms with van der Waals surface area (Å²) < 4.78 is 12.8. The maximum atomic E-state index is 13.0. The standard InChI is InChI=1S/C47H56ClN3O5/c1-32(31-56-42-19-24-49-41-15-6-9-33(2)44(41)42)27-36-28-35-17-18-39(55-26-25-50-43(52)16-7-12-34-10-4-3-5-11-34)30-40(35)46(36)20-22-47(23-21-46,45(53)54)51-38-14-8-13-37(48)29-38/h3-5,8,10-11,13-14,17-19,24,29-30,32-33,36,51H,6-7,9,12,15-16,20-23,25-28,31H2,1-2H3,(H,50,52)(H,53,54)/t32-,33-,36?,46?,47?/m1/s1. The molecule has 1 amide bonds. The van der Waals surface area contributed by atoms with Gasteiger partial charge in [-0.15, -0.1) is 0 Å². The highest BCUT2D eigenvalue weighted by atomic mass is 35.5. The Morgan fingerprint density at radius 1 is 1.00 bits per heavy atom. The summed E-state index contributed by atoms with van der Waals surface area (Å²) in [5, 5.41) is 17.7. The quantitative estimate of drug-likeness (QED) is 0.0973. The van der Waals surface area contributed by atoms with E-state index in [2.05, 4.69) is 53.7 Å². The highest BCUT2D eigenvalue weighted by Crippen LogP contribution is 2.57. The number of anilines is 1. The Morgan fingerprint density at radius 3 is 2.61 bits per heavy atom. The number of carboxylic acids is 1. The molecule has 7 rings (SSSR count). The summed E-state index contributed by atoms with van der Waals surface area (Å²) in [6, 6.07) is 26.0. The monoisotopic (exact) mass is 777 g/mol. The van der Waals surface area contributed by atoms with Crippen LogP contribution in [0.3, 0.4) is 0 Å². The number of aromatic nitrogens is 1. The number of carbonyl (C=O) groups excluding carboxylic acids is 1. The van der Waals surface area contributed by atoms with Gasteiger partial charge in [0.15, 0.2) is 0 Å². The summed E-state index contributed by atoms with van der Waals surface area (Å²) in [5.41, 5.74) is 5.70. The SMILES string of the molecule is C[C@@H](COc1ccnc2c1[C@H](C)CCC2)CC1Cc2ccc(OCCNC(=O)CCCc3ccccc3)cc2C12CCC(Nc1cccc(Cl)c1)(C(=O)O)CC2. The van der Waals surface area contributed by atoms with Crippen molar-refractivity contribution in [3.8, 4) is 11.5 Å². The number of aliphatic carboxylic acids is 1. The number of benzene rings is 3. The fourth-order valence-corrected chi connectivity index (χ4v) is 9.90. The molecule has 1 unspecified atom stereocenters. The summed E-state index contributed by atoms with van der Waals surface area (Å²) in [7, 11) is 0. The summed E-state index contributed by atoms with van der Waals surface area (Å²) in [6.45, 7) is 5.98. The number of amides is 1. The molecule has 8 nitrogen and oxygen atoms in total. The van der Waals surface area contributed by atoms with Gasteiger partial charge in [0.1, 0.15) is 23.6 Å². The molecule has 1 spiro atoms. The zero-order chi connectivity index (χ0) is 39.1. The van der Waals surface area contributed by atoms with Crippen molar-refractivity contribution < 1.29 is 24.2 Å². The van der Waals surface area contributed by atoms with Gasteiger partial charge in [-0.05, 0) is 147 Å². The Labute approximate surface area is 336 Å². The zero-order valence-electron chi connectivity index (χ0n) is 32.8. The lowest BCUT2D eigenvalue weighted by molar-refractivity contribution is -0.144. The molecule has 9 heteroatoms. The third-order valence-corrected chi connectivity index (χ3v) is 12.9. The number of nitrogens with zero attached hydrogens (tertiary/aromatic N) is 1. The van der Waals surface area contributed by atoms with E-state index in [-0.39, 0.29) is 17.2 Å². The zero-order valence-corrected chi connectivity index (χ0v) is 33.6. The van der Waals surface area contributed by atoms with E-state index in [4.69, 9.17) is 21.1 Å². The second-order valence-corrected chi connectivity index (χ2v) is 17.0. The molecule has 1 aromatic heterocycles. The number of hydrogen-bond donors (Lipinski definition) is 3. The van der Waals surface area contributed by atoms with E-state index in [9.17, 15) is 14.7 Å². The molecule has 1 saturated carbocycles. The number of hydrogen-bond acceptors (Lipinski definition) is 6. The normalized spacial score (nSPS) is 23.1. The molecule has 4 aromatic rings. The Morgan fingerprint density at radius 2 is 1.82 bits per heavy atom. The molecule has 1 fully saturated rings. The average molecular weight is 778 g/mol. The Bertz CT molecular complexity index is 1980. The minimum Gasteiger partial charge on any atom is -0.493 e. The minimum absolute atomic E-state index is 0.0345. The molecule has 3 atom stereocenters. The van der Waals surface area contributed by atoms with E-state index in [0.29, 0.717) is 55.9 Å². The molecule has 0 radical (unpaired) electrons. The number of halogens is 1. The van der Waals surface area contributed by atoms with Crippen LogP contribution in [-0.4, -0.2) is 47.3 Å². The lowest BCUT2D eigenvalue weighted by Crippen LogP contribution is -2.53. The highest BCUT2D eigenvalue weighted by Gasteiger charge is 2.54. The second-order valence-electron chi connectivity index (χ2n) is 16.6. The summed E-state index contributed by atoms with van der Waals surface area (Å²) in [6.07, 6.45) is 11.7. The fourth-order valence-electron chi connectivity index (χ4n) is 9.71. The van der Waals surface area contributed by atoms with E-state index in [1.54, 1.807) is 12.1 Å². The number of aryl methyl sites for hydroxylation is 2. The van der Waals surface area contributed by atoms with Gasteiger partial charge in [-0.2, -0.15) is 0 Å². The molecule has 0 bridgehead atoms. The number of ether oxygens (including phenoxy) is 2. The summed E-state index contributed by atoms with van der Waals surface area (Å²) in [4.78, 5) is 30.2. The van der Waals surface area contributed by atoms with Crippen molar-refractivity contribution in [3.05, 3.63) is 118 Å². The van der Waals surface area contributed by atoms with Crippen LogP contribution >= 0.6 is 11.6 Å². The summed E-state index contributed by atoms with van der Waals surface area (Å²) in [5.74, 6) is 2.01. The number of pyridine rings is 1. The molecular formula is C47H56ClN3O5. The van der Waals surface area contributed by atoms with Crippen LogP contribution in [-0.2, 0) is 34.3 Å². The third-order valence-electron chi connectivity index (χ3n) is 12.7. The van der Waals surface area contributed by atoms with Crippen molar-refractivity contribution in [2.24, 2.45) is 11.8 Å². The van der Waals surface area contributed by atoms with Crippen molar-refractivity contribution in [1.29, 1.82) is 0 Å². The predicted molar refractivity (Wildman–Crippen MR) is 222 cm³/mol. The van der Waals surface area contributed by atoms with Gasteiger partial charge in [0.05, 0.1) is 13.2 Å². The molecule has 0 saturated heterocycles. The number of fused-ring (bicyclic) bond motifs is 3. The van der Waals surface area contributed by atoms with E-state index >= 15 is 0 Å². The topological polar surface area (TPSA) is 110 Å². The first kappa shape index (κ1) is 39.7. The number of carboxylic acid groups (broad SMARTS) is 1. The van der Waals surface area contributed by atoms with Gasteiger partial charge >= 0.3 is 5.97 Å². The minimum atomic E-state index is -1.09. The van der Waals surface area contributed by atoms with Crippen molar-refractivity contribution in [1.82, 2.24) is 10.3 Å². The Kier molecular flexibility index (Phi) is 12.5. The van der Waals surface area contributed by atoms with Crippen LogP contribution < -0.4 is 20.1 Å². The lowest BCUT2D eigenvalue weighted by atomic mass is 9.59. The van der Waals surface area contributed by atoms with Gasteiger partial charge in [0.2, 0.25) is 5.91 Å². The first-order valence-corrected chi connectivity index (χ1v) is 21.0. The van der Waals surface area contributed by atoms with E-state index in [0.717, 1.165) is 68.6 Å². The molecule has 3 aromatic carbocycles.